The van der Waals surface area contributed by atoms with Gasteiger partial charge in [0.2, 0.25) is 11.8 Å². The molecule has 0 radical (unpaired) electrons. The van der Waals surface area contributed by atoms with Crippen LogP contribution in [-0.4, -0.2) is 32.0 Å². The highest BCUT2D eigenvalue weighted by molar-refractivity contribution is 5.90. The van der Waals surface area contributed by atoms with E-state index in [2.05, 4.69) is 16.0 Å². The lowest BCUT2D eigenvalue weighted by molar-refractivity contribution is -0.120. The van der Waals surface area contributed by atoms with E-state index in [0.29, 0.717) is 19.4 Å². The Bertz CT molecular complexity index is 429. The Kier molecular flexibility index (Phi) is 7.35. The average molecular weight is 277 g/mol. The molecule has 0 atom stereocenters. The maximum atomic E-state index is 11.6. The number of amides is 2. The second-order valence-corrected chi connectivity index (χ2v) is 4.58. The van der Waals surface area contributed by atoms with E-state index in [-0.39, 0.29) is 11.8 Å². The molecule has 0 bridgehead atoms. The van der Waals surface area contributed by atoms with Crippen LogP contribution in [0.4, 0.5) is 5.69 Å². The SMILES string of the molecule is CCNC(=O)Cc1ccc(NC(=O)CCCNC)cc1. The Morgan fingerprint density at radius 2 is 1.80 bits per heavy atom. The number of rotatable bonds is 8. The summed E-state index contributed by atoms with van der Waals surface area (Å²) >= 11 is 0. The molecule has 0 aromatic heterocycles. The third-order valence-corrected chi connectivity index (χ3v) is 2.81. The molecule has 1 rings (SSSR count). The van der Waals surface area contributed by atoms with Gasteiger partial charge >= 0.3 is 0 Å². The number of nitrogens with one attached hydrogen (secondary N) is 3. The molecule has 110 valence electrons. The van der Waals surface area contributed by atoms with E-state index in [0.717, 1.165) is 24.2 Å². The van der Waals surface area contributed by atoms with Crippen molar-refractivity contribution in [1.29, 1.82) is 0 Å². The second-order valence-electron chi connectivity index (χ2n) is 4.58. The van der Waals surface area contributed by atoms with Crippen molar-refractivity contribution in [3.05, 3.63) is 29.8 Å². The molecule has 0 heterocycles. The first kappa shape index (κ1) is 16.2. The van der Waals surface area contributed by atoms with Crippen LogP contribution in [0.3, 0.4) is 0 Å². The van der Waals surface area contributed by atoms with Gasteiger partial charge in [0.25, 0.3) is 0 Å². The summed E-state index contributed by atoms with van der Waals surface area (Å²) in [7, 11) is 1.87. The third-order valence-electron chi connectivity index (χ3n) is 2.81. The van der Waals surface area contributed by atoms with Gasteiger partial charge < -0.3 is 16.0 Å². The molecule has 0 saturated heterocycles. The molecule has 5 nitrogen and oxygen atoms in total. The van der Waals surface area contributed by atoms with Crippen LogP contribution in [0, 0.1) is 0 Å². The average Bonchev–Trinajstić information content (AvgIpc) is 2.41. The molecule has 1 aromatic rings. The Hall–Kier alpha value is -1.88. The van der Waals surface area contributed by atoms with Crippen LogP contribution in [0.2, 0.25) is 0 Å². The molecule has 0 spiro atoms. The summed E-state index contributed by atoms with van der Waals surface area (Å²) in [6.45, 7) is 3.36. The fourth-order valence-electron chi connectivity index (χ4n) is 1.80. The largest absolute Gasteiger partial charge is 0.356 e. The van der Waals surface area contributed by atoms with Crippen LogP contribution in [0.1, 0.15) is 25.3 Å². The molecule has 2 amide bonds. The van der Waals surface area contributed by atoms with Gasteiger partial charge in [0, 0.05) is 18.7 Å². The standard InChI is InChI=1S/C15H23N3O2/c1-3-17-15(20)11-12-6-8-13(9-7-12)18-14(19)5-4-10-16-2/h6-9,16H,3-5,10-11H2,1-2H3,(H,17,20)(H,18,19). The first-order chi connectivity index (χ1) is 9.65. The van der Waals surface area contributed by atoms with Crippen LogP contribution < -0.4 is 16.0 Å². The minimum Gasteiger partial charge on any atom is -0.356 e. The van der Waals surface area contributed by atoms with Gasteiger partial charge in [-0.05, 0) is 44.6 Å². The van der Waals surface area contributed by atoms with E-state index in [1.165, 1.54) is 0 Å². The van der Waals surface area contributed by atoms with Crippen LogP contribution in [0.5, 0.6) is 0 Å². The van der Waals surface area contributed by atoms with Crippen molar-refractivity contribution >= 4 is 17.5 Å². The van der Waals surface area contributed by atoms with Crippen LogP contribution in [-0.2, 0) is 16.0 Å². The molecule has 5 heteroatoms. The highest BCUT2D eigenvalue weighted by Crippen LogP contribution is 2.10. The minimum atomic E-state index is 0.0105. The number of hydrogen-bond acceptors (Lipinski definition) is 3. The normalized spacial score (nSPS) is 10.1. The smallest absolute Gasteiger partial charge is 0.224 e. The van der Waals surface area contributed by atoms with Crippen molar-refractivity contribution in [3.8, 4) is 0 Å². The maximum Gasteiger partial charge on any atom is 0.224 e. The van der Waals surface area contributed by atoms with Crippen molar-refractivity contribution in [2.75, 3.05) is 25.5 Å². The van der Waals surface area contributed by atoms with E-state index in [4.69, 9.17) is 0 Å². The van der Waals surface area contributed by atoms with Gasteiger partial charge in [-0.25, -0.2) is 0 Å². The Morgan fingerprint density at radius 1 is 1.10 bits per heavy atom. The van der Waals surface area contributed by atoms with Gasteiger partial charge in [-0.3, -0.25) is 9.59 Å². The Morgan fingerprint density at radius 3 is 2.40 bits per heavy atom. The molecular formula is C15H23N3O2. The fraction of sp³-hybridized carbons (Fsp3) is 0.467. The van der Waals surface area contributed by atoms with Gasteiger partial charge in [-0.15, -0.1) is 0 Å². The first-order valence-corrected chi connectivity index (χ1v) is 6.95. The number of anilines is 1. The van der Waals surface area contributed by atoms with Crippen molar-refractivity contribution in [1.82, 2.24) is 10.6 Å². The first-order valence-electron chi connectivity index (χ1n) is 6.95. The predicted octanol–water partition coefficient (Wildman–Crippen LogP) is 1.30. The molecule has 1 aromatic carbocycles. The quantitative estimate of drug-likeness (QED) is 0.627. The zero-order valence-corrected chi connectivity index (χ0v) is 12.2. The van der Waals surface area contributed by atoms with Gasteiger partial charge in [0.05, 0.1) is 6.42 Å². The molecule has 0 unspecified atom stereocenters. The van der Waals surface area contributed by atoms with Crippen molar-refractivity contribution in [3.63, 3.8) is 0 Å². The molecule has 20 heavy (non-hydrogen) atoms. The maximum absolute atomic E-state index is 11.6. The van der Waals surface area contributed by atoms with Crippen LogP contribution in [0.25, 0.3) is 0 Å². The highest BCUT2D eigenvalue weighted by atomic mass is 16.2. The van der Waals surface area contributed by atoms with E-state index in [1.54, 1.807) is 0 Å². The summed E-state index contributed by atoms with van der Waals surface area (Å²) in [5, 5.41) is 8.60. The number of likely N-dealkylation sites (N-methyl/N-ethyl adjacent to an activating group) is 1. The molecule has 3 N–H and O–H groups in total. The number of carbonyl (C=O) groups excluding carboxylic acids is 2. The van der Waals surface area contributed by atoms with Crippen molar-refractivity contribution < 1.29 is 9.59 Å². The van der Waals surface area contributed by atoms with Gasteiger partial charge in [-0.1, -0.05) is 12.1 Å². The zero-order chi connectivity index (χ0) is 14.8. The molecule has 0 saturated carbocycles. The zero-order valence-electron chi connectivity index (χ0n) is 12.2. The lowest BCUT2D eigenvalue weighted by Crippen LogP contribution is -2.24. The molecule has 0 aliphatic carbocycles. The van der Waals surface area contributed by atoms with Gasteiger partial charge in [-0.2, -0.15) is 0 Å². The van der Waals surface area contributed by atoms with E-state index in [9.17, 15) is 9.59 Å². The Balaban J connectivity index is 2.42. The summed E-state index contributed by atoms with van der Waals surface area (Å²) in [6, 6.07) is 7.37. The van der Waals surface area contributed by atoms with Crippen LogP contribution in [0.15, 0.2) is 24.3 Å². The minimum absolute atomic E-state index is 0.0105. The molecule has 0 fully saturated rings. The van der Waals surface area contributed by atoms with Gasteiger partial charge in [0.1, 0.15) is 0 Å². The summed E-state index contributed by atoms with van der Waals surface area (Å²) < 4.78 is 0. The molecular weight excluding hydrogens is 254 g/mol. The summed E-state index contributed by atoms with van der Waals surface area (Å²) in [4.78, 5) is 23.1. The summed E-state index contributed by atoms with van der Waals surface area (Å²) in [6.07, 6.45) is 1.68. The summed E-state index contributed by atoms with van der Waals surface area (Å²) in [5.74, 6) is 0.0214. The second kappa shape index (κ2) is 9.09. The van der Waals surface area contributed by atoms with Crippen molar-refractivity contribution in [2.45, 2.75) is 26.2 Å². The van der Waals surface area contributed by atoms with Gasteiger partial charge in [0.15, 0.2) is 0 Å². The highest BCUT2D eigenvalue weighted by Gasteiger charge is 2.04. The monoisotopic (exact) mass is 277 g/mol. The summed E-state index contributed by atoms with van der Waals surface area (Å²) in [5.41, 5.74) is 1.70. The third kappa shape index (κ3) is 6.33. The Labute approximate surface area is 120 Å². The van der Waals surface area contributed by atoms with E-state index < -0.39 is 0 Å². The molecule has 0 aliphatic heterocycles. The van der Waals surface area contributed by atoms with Crippen molar-refractivity contribution in [2.24, 2.45) is 0 Å². The topological polar surface area (TPSA) is 70.2 Å². The van der Waals surface area contributed by atoms with E-state index >= 15 is 0 Å². The fourth-order valence-corrected chi connectivity index (χ4v) is 1.80. The van der Waals surface area contributed by atoms with Crippen LogP contribution >= 0.6 is 0 Å². The van der Waals surface area contributed by atoms with E-state index in [1.807, 2.05) is 38.2 Å². The lowest BCUT2D eigenvalue weighted by Gasteiger charge is -2.07. The molecule has 0 aliphatic rings. The number of hydrogen-bond donors (Lipinski definition) is 3. The lowest BCUT2D eigenvalue weighted by atomic mass is 10.1. The number of benzene rings is 1. The predicted molar refractivity (Wildman–Crippen MR) is 80.6 cm³/mol. The number of carbonyl (C=O) groups is 2.